The summed E-state index contributed by atoms with van der Waals surface area (Å²) < 4.78 is 49.4. The molecule has 9 nitrogen and oxygen atoms in total. The number of likely N-dealkylation sites (N-methyl/N-ethyl adjacent to an activating group) is 1. The number of aromatic nitrogens is 2. The van der Waals surface area contributed by atoms with Crippen molar-refractivity contribution in [3.63, 3.8) is 0 Å². The van der Waals surface area contributed by atoms with E-state index in [1.807, 2.05) is 32.2 Å². The number of hydrogen-bond acceptors (Lipinski definition) is 7. The Balaban J connectivity index is 1.27. The number of amides is 2. The highest BCUT2D eigenvalue weighted by Crippen LogP contribution is 2.61. The number of rotatable bonds is 7. The molecule has 5 aliphatic rings. The van der Waals surface area contributed by atoms with E-state index < -0.39 is 22.9 Å². The third kappa shape index (κ3) is 4.89. The van der Waals surface area contributed by atoms with Gasteiger partial charge in [-0.15, -0.1) is 0 Å². The number of carbonyl (C=O) groups is 2. The smallest absolute Gasteiger partial charge is 0.403 e. The number of halogens is 3. The average molecular weight is 641 g/mol. The van der Waals surface area contributed by atoms with E-state index in [4.69, 9.17) is 9.72 Å². The lowest BCUT2D eigenvalue weighted by molar-refractivity contribution is -0.226. The van der Waals surface area contributed by atoms with Crippen LogP contribution in [0.25, 0.3) is 11.3 Å². The maximum atomic E-state index is 14.5. The molecule has 46 heavy (non-hydrogen) atoms. The lowest BCUT2D eigenvalue weighted by Gasteiger charge is -2.40. The molecule has 3 saturated heterocycles. The molecule has 5 fully saturated rings. The summed E-state index contributed by atoms with van der Waals surface area (Å²) in [7, 11) is 2.03. The molecular formula is C34H43F3N6O3. The summed E-state index contributed by atoms with van der Waals surface area (Å²) in [4.78, 5) is 41.2. The normalized spacial score (nSPS) is 30.4. The minimum Gasteiger partial charge on any atom is -0.477 e. The van der Waals surface area contributed by atoms with Gasteiger partial charge in [0.15, 0.2) is 0 Å². The Labute approximate surface area is 267 Å². The number of pyridine rings is 2. The van der Waals surface area contributed by atoms with Crippen molar-refractivity contribution in [2.24, 2.45) is 10.8 Å². The Morgan fingerprint density at radius 2 is 1.91 bits per heavy atom. The fourth-order valence-electron chi connectivity index (χ4n) is 9.48. The van der Waals surface area contributed by atoms with Crippen LogP contribution in [0.1, 0.15) is 80.3 Å². The van der Waals surface area contributed by atoms with Gasteiger partial charge in [-0.2, -0.15) is 13.2 Å². The number of nitrogens with zero attached hydrogens (tertiary/aromatic N) is 4. The van der Waals surface area contributed by atoms with Gasteiger partial charge in [0.05, 0.1) is 17.9 Å². The lowest BCUT2D eigenvalue weighted by Crippen LogP contribution is -2.54. The Morgan fingerprint density at radius 1 is 1.11 bits per heavy atom. The van der Waals surface area contributed by atoms with E-state index >= 15 is 0 Å². The summed E-state index contributed by atoms with van der Waals surface area (Å²) in [6.45, 7) is 4.81. The predicted molar refractivity (Wildman–Crippen MR) is 165 cm³/mol. The number of alkyl halides is 3. The van der Waals surface area contributed by atoms with Crippen molar-refractivity contribution in [3.05, 3.63) is 41.7 Å². The first kappa shape index (κ1) is 31.4. The van der Waals surface area contributed by atoms with E-state index in [1.54, 1.807) is 17.2 Å². The number of nitrogens with one attached hydrogen (secondary N) is 2. The fraction of sp³-hybridized carbons (Fsp3) is 0.647. The predicted octanol–water partition coefficient (Wildman–Crippen LogP) is 4.54. The van der Waals surface area contributed by atoms with Crippen LogP contribution in [0.5, 0.6) is 5.88 Å². The van der Waals surface area contributed by atoms with Gasteiger partial charge in [0.2, 0.25) is 11.8 Å². The first-order valence-corrected chi connectivity index (χ1v) is 16.8. The van der Waals surface area contributed by atoms with Gasteiger partial charge in [0.1, 0.15) is 11.1 Å². The van der Waals surface area contributed by atoms with Gasteiger partial charge in [0.25, 0.3) is 5.91 Å². The Kier molecular flexibility index (Phi) is 8.02. The maximum Gasteiger partial charge on any atom is 0.403 e. The fourth-order valence-corrected chi connectivity index (χ4v) is 9.48. The van der Waals surface area contributed by atoms with Crippen molar-refractivity contribution in [1.82, 2.24) is 30.4 Å². The van der Waals surface area contributed by atoms with Gasteiger partial charge < -0.3 is 25.2 Å². The van der Waals surface area contributed by atoms with E-state index in [0.717, 1.165) is 31.5 Å². The monoisotopic (exact) mass is 640 g/mol. The SMILES string of the molecule is CCOc1ncccc1-c1ccc(C2CN[C@@H]3CCC4N(C(=O)C5(C(F)(F)F)CCCC5)CC[C@@]243)c(C(=O)N[C@@H]2CCN(C)C2)n1. The molecule has 2 aromatic rings. The zero-order chi connectivity index (χ0) is 32.3. The van der Waals surface area contributed by atoms with Crippen molar-refractivity contribution >= 4 is 11.8 Å². The summed E-state index contributed by atoms with van der Waals surface area (Å²) in [6, 6.07) is 7.23. The third-order valence-corrected chi connectivity index (χ3v) is 11.6. The third-order valence-electron chi connectivity index (χ3n) is 11.6. The minimum absolute atomic E-state index is 0.00964. The standard InChI is InChI=1S/C34H43F3N6O3/c1-3-46-30-23(7-6-16-38-30)25-9-8-22(28(41-25)29(44)40-21-12-17-42(2)20-21)24-19-39-26-10-11-27-33(24,26)15-18-43(27)31(45)32(34(35,36)37)13-4-5-14-32/h6-9,16,21,24,26-27,39H,3-5,10-15,17-20H2,1-2H3,(H,40,44)/t21-,24?,26-,27?,33+/m1/s1. The molecule has 2 aliphatic carbocycles. The molecule has 0 radical (unpaired) electrons. The van der Waals surface area contributed by atoms with Crippen LogP contribution in [0.3, 0.4) is 0 Å². The molecule has 5 heterocycles. The Bertz CT molecular complexity index is 1500. The molecule has 2 aromatic heterocycles. The van der Waals surface area contributed by atoms with Gasteiger partial charge in [-0.25, -0.2) is 9.97 Å². The van der Waals surface area contributed by atoms with Crippen molar-refractivity contribution in [3.8, 4) is 17.1 Å². The van der Waals surface area contributed by atoms with Crippen LogP contribution in [0.2, 0.25) is 0 Å². The summed E-state index contributed by atoms with van der Waals surface area (Å²) in [5.74, 6) is -0.771. The van der Waals surface area contributed by atoms with E-state index in [1.165, 1.54) is 0 Å². The van der Waals surface area contributed by atoms with Gasteiger partial charge in [-0.3, -0.25) is 9.59 Å². The number of hydrogen-bond donors (Lipinski definition) is 2. The summed E-state index contributed by atoms with van der Waals surface area (Å²) in [6.07, 6.45) is 0.474. The van der Waals surface area contributed by atoms with Crippen molar-refractivity contribution < 1.29 is 27.5 Å². The van der Waals surface area contributed by atoms with E-state index in [0.29, 0.717) is 68.2 Å². The van der Waals surface area contributed by atoms with Gasteiger partial charge in [-0.05, 0) is 82.8 Å². The maximum absolute atomic E-state index is 14.5. The van der Waals surface area contributed by atoms with Crippen LogP contribution >= 0.6 is 0 Å². The van der Waals surface area contributed by atoms with E-state index in [2.05, 4.69) is 20.5 Å². The van der Waals surface area contributed by atoms with E-state index in [9.17, 15) is 22.8 Å². The molecule has 2 amide bonds. The molecule has 0 bridgehead atoms. The second-order valence-corrected chi connectivity index (χ2v) is 13.9. The summed E-state index contributed by atoms with van der Waals surface area (Å²) in [5.41, 5.74) is -0.430. The van der Waals surface area contributed by atoms with Crippen LogP contribution < -0.4 is 15.4 Å². The lowest BCUT2D eigenvalue weighted by atomic mass is 9.68. The molecule has 2 saturated carbocycles. The molecule has 2 unspecified atom stereocenters. The highest BCUT2D eigenvalue weighted by atomic mass is 19.4. The first-order valence-electron chi connectivity index (χ1n) is 16.8. The van der Waals surface area contributed by atoms with Crippen molar-refractivity contribution in [2.75, 3.05) is 39.8 Å². The van der Waals surface area contributed by atoms with Crippen LogP contribution in [-0.2, 0) is 4.79 Å². The topological polar surface area (TPSA) is 99.7 Å². The zero-order valence-electron chi connectivity index (χ0n) is 26.5. The highest BCUT2D eigenvalue weighted by molar-refractivity contribution is 5.95. The first-order chi connectivity index (χ1) is 22.1. The molecule has 7 rings (SSSR count). The Hall–Kier alpha value is -3.25. The molecular weight excluding hydrogens is 597 g/mol. The molecule has 248 valence electrons. The molecule has 1 spiro atoms. The molecule has 3 aliphatic heterocycles. The Morgan fingerprint density at radius 3 is 2.63 bits per heavy atom. The summed E-state index contributed by atoms with van der Waals surface area (Å²) in [5, 5.41) is 6.87. The largest absolute Gasteiger partial charge is 0.477 e. The molecule has 5 atom stereocenters. The van der Waals surface area contributed by atoms with Crippen molar-refractivity contribution in [2.45, 2.75) is 88.5 Å². The second kappa shape index (κ2) is 11.8. The van der Waals surface area contributed by atoms with Crippen LogP contribution in [0, 0.1) is 10.8 Å². The molecule has 2 N–H and O–H groups in total. The highest BCUT2D eigenvalue weighted by Gasteiger charge is 2.68. The second-order valence-electron chi connectivity index (χ2n) is 13.9. The number of ether oxygens (including phenoxy) is 1. The summed E-state index contributed by atoms with van der Waals surface area (Å²) >= 11 is 0. The van der Waals surface area contributed by atoms with Crippen LogP contribution in [0.4, 0.5) is 13.2 Å². The van der Waals surface area contributed by atoms with Crippen molar-refractivity contribution in [1.29, 1.82) is 0 Å². The van der Waals surface area contributed by atoms with Crippen LogP contribution in [-0.4, -0.2) is 95.7 Å². The molecule has 0 aromatic carbocycles. The van der Waals surface area contributed by atoms with E-state index in [-0.39, 0.29) is 42.8 Å². The van der Waals surface area contributed by atoms with Gasteiger partial charge >= 0.3 is 6.18 Å². The van der Waals surface area contributed by atoms with Gasteiger partial charge in [-0.1, -0.05) is 18.9 Å². The average Bonchev–Trinajstić information content (AvgIpc) is 3.85. The van der Waals surface area contributed by atoms with Gasteiger partial charge in [0, 0.05) is 55.3 Å². The number of carbonyl (C=O) groups excluding carboxylic acids is 2. The number of likely N-dealkylation sites (tertiary alicyclic amines) is 2. The molecule has 12 heteroatoms. The van der Waals surface area contributed by atoms with Crippen LogP contribution in [0.15, 0.2) is 30.5 Å². The quantitative estimate of drug-likeness (QED) is 0.459. The minimum atomic E-state index is -4.58. The zero-order valence-corrected chi connectivity index (χ0v) is 26.5.